The molecule has 3 heteroatoms. The van der Waals surface area contributed by atoms with Crippen molar-refractivity contribution >= 4 is 27.1 Å². The standard InChI is InChI=1S/C23H24NO.ClH/c1-5-6-18-11-21-17(13-23(18)25-4)7-8-24-14-20-10-16(3)15(2)9-19(20)12-22(21)24;/h7-14H,5-6H2,1-4H3;1H/q+1;/p-1. The van der Waals surface area contributed by atoms with E-state index in [0.29, 0.717) is 0 Å². The van der Waals surface area contributed by atoms with E-state index in [0.717, 1.165) is 18.6 Å². The first-order valence-corrected chi connectivity index (χ1v) is 8.96. The van der Waals surface area contributed by atoms with E-state index in [2.05, 4.69) is 74.0 Å². The maximum absolute atomic E-state index is 5.61. The number of pyridine rings is 2. The van der Waals surface area contributed by atoms with Crippen LogP contribution in [-0.2, 0) is 6.42 Å². The van der Waals surface area contributed by atoms with Crippen molar-refractivity contribution in [2.24, 2.45) is 0 Å². The Labute approximate surface area is 160 Å². The summed E-state index contributed by atoms with van der Waals surface area (Å²) in [5, 5.41) is 5.08. The molecular weight excluding hydrogens is 342 g/mol. The van der Waals surface area contributed by atoms with Crippen LogP contribution in [0, 0.1) is 13.8 Å². The smallest absolute Gasteiger partial charge is 0.219 e. The second kappa shape index (κ2) is 7.13. The lowest BCUT2D eigenvalue weighted by Gasteiger charge is -2.10. The maximum Gasteiger partial charge on any atom is 0.219 e. The van der Waals surface area contributed by atoms with Gasteiger partial charge in [0.1, 0.15) is 5.75 Å². The van der Waals surface area contributed by atoms with Gasteiger partial charge >= 0.3 is 0 Å². The molecule has 0 amide bonds. The fourth-order valence-corrected chi connectivity index (χ4v) is 3.69. The van der Waals surface area contributed by atoms with Gasteiger partial charge in [0.05, 0.1) is 12.5 Å². The first kappa shape index (κ1) is 18.5. The highest BCUT2D eigenvalue weighted by Gasteiger charge is 2.14. The molecular formula is C23H24ClNO. The van der Waals surface area contributed by atoms with Crippen LogP contribution in [0.4, 0.5) is 0 Å². The van der Waals surface area contributed by atoms with Crippen molar-refractivity contribution in [1.82, 2.24) is 0 Å². The normalized spacial score (nSPS) is 11.1. The van der Waals surface area contributed by atoms with Gasteiger partial charge in [-0.05, 0) is 65.9 Å². The number of aromatic nitrogens is 1. The first-order chi connectivity index (χ1) is 12.1. The second-order valence-corrected chi connectivity index (χ2v) is 6.95. The molecule has 0 spiro atoms. The summed E-state index contributed by atoms with van der Waals surface area (Å²) in [5.41, 5.74) is 5.20. The van der Waals surface area contributed by atoms with Crippen LogP contribution >= 0.6 is 0 Å². The van der Waals surface area contributed by atoms with Crippen LogP contribution in [0.1, 0.15) is 30.0 Å². The van der Waals surface area contributed by atoms with Crippen molar-refractivity contribution in [2.45, 2.75) is 33.6 Å². The number of hydrogen-bond acceptors (Lipinski definition) is 1. The van der Waals surface area contributed by atoms with E-state index < -0.39 is 0 Å². The van der Waals surface area contributed by atoms with E-state index in [-0.39, 0.29) is 12.4 Å². The SMILES string of the molecule is CCCc1cc2c(cc[n+]3cc4cc(C)c(C)cc4cc23)cc1OC.[Cl-]. The Morgan fingerprint density at radius 1 is 0.923 bits per heavy atom. The van der Waals surface area contributed by atoms with Crippen molar-refractivity contribution in [2.75, 3.05) is 7.11 Å². The lowest BCUT2D eigenvalue weighted by molar-refractivity contribution is -0.509. The lowest BCUT2D eigenvalue weighted by atomic mass is 10.00. The minimum absolute atomic E-state index is 0. The molecule has 0 aliphatic heterocycles. The van der Waals surface area contributed by atoms with E-state index in [9.17, 15) is 0 Å². The fourth-order valence-electron chi connectivity index (χ4n) is 3.69. The van der Waals surface area contributed by atoms with Crippen molar-refractivity contribution in [3.05, 3.63) is 65.5 Å². The van der Waals surface area contributed by atoms with Crippen LogP contribution in [0.5, 0.6) is 5.75 Å². The van der Waals surface area contributed by atoms with Gasteiger partial charge in [-0.1, -0.05) is 19.4 Å². The Bertz CT molecular complexity index is 1120. The van der Waals surface area contributed by atoms with Gasteiger partial charge in [0.15, 0.2) is 12.4 Å². The summed E-state index contributed by atoms with van der Waals surface area (Å²) in [6, 6.07) is 13.5. The number of ether oxygens (including phenoxy) is 1. The van der Waals surface area contributed by atoms with E-state index in [1.807, 2.05) is 0 Å². The molecule has 0 saturated heterocycles. The van der Waals surface area contributed by atoms with Crippen LogP contribution in [0.2, 0.25) is 0 Å². The topological polar surface area (TPSA) is 13.3 Å². The number of halogens is 1. The highest BCUT2D eigenvalue weighted by atomic mass is 35.5. The Kier molecular flexibility index (Phi) is 5.06. The average molecular weight is 366 g/mol. The summed E-state index contributed by atoms with van der Waals surface area (Å²) in [5.74, 6) is 0.992. The summed E-state index contributed by atoms with van der Waals surface area (Å²) in [6.07, 6.45) is 6.53. The zero-order valence-corrected chi connectivity index (χ0v) is 16.5. The Balaban J connectivity index is 0.00000196. The molecule has 0 atom stereocenters. The molecule has 2 heterocycles. The largest absolute Gasteiger partial charge is 1.00 e. The number of aryl methyl sites for hydroxylation is 3. The second-order valence-electron chi connectivity index (χ2n) is 6.95. The van der Waals surface area contributed by atoms with Gasteiger partial charge in [0.2, 0.25) is 5.52 Å². The van der Waals surface area contributed by atoms with E-state index in [1.54, 1.807) is 7.11 Å². The van der Waals surface area contributed by atoms with Gasteiger partial charge in [-0.2, -0.15) is 4.40 Å². The molecule has 0 fully saturated rings. The van der Waals surface area contributed by atoms with Crippen molar-refractivity contribution in [1.29, 1.82) is 0 Å². The molecule has 0 radical (unpaired) electrons. The molecule has 4 rings (SSSR count). The number of fused-ring (bicyclic) bond motifs is 4. The number of hydrogen-bond donors (Lipinski definition) is 0. The third-order valence-corrected chi connectivity index (χ3v) is 5.21. The Morgan fingerprint density at radius 3 is 2.35 bits per heavy atom. The molecule has 2 aromatic heterocycles. The van der Waals surface area contributed by atoms with Crippen LogP contribution in [-0.4, -0.2) is 7.11 Å². The van der Waals surface area contributed by atoms with Crippen molar-refractivity contribution in [3.63, 3.8) is 0 Å². The quantitative estimate of drug-likeness (QED) is 0.308. The molecule has 2 aromatic carbocycles. The molecule has 0 aliphatic carbocycles. The minimum Gasteiger partial charge on any atom is -1.00 e. The van der Waals surface area contributed by atoms with E-state index >= 15 is 0 Å². The molecule has 0 bridgehead atoms. The van der Waals surface area contributed by atoms with Crippen molar-refractivity contribution < 1.29 is 21.5 Å². The molecule has 0 unspecified atom stereocenters. The molecule has 0 saturated carbocycles. The first-order valence-electron chi connectivity index (χ1n) is 8.96. The monoisotopic (exact) mass is 365 g/mol. The van der Waals surface area contributed by atoms with Crippen LogP contribution < -0.4 is 21.5 Å². The Hall–Kier alpha value is -2.32. The molecule has 0 aliphatic rings. The number of methoxy groups -OCH3 is 1. The maximum atomic E-state index is 5.61. The van der Waals surface area contributed by atoms with Gasteiger partial charge in [-0.15, -0.1) is 0 Å². The fraction of sp³-hybridized carbons (Fsp3) is 0.261. The van der Waals surface area contributed by atoms with Crippen LogP contribution in [0.25, 0.3) is 27.1 Å². The summed E-state index contributed by atoms with van der Waals surface area (Å²) in [4.78, 5) is 0. The third-order valence-electron chi connectivity index (χ3n) is 5.21. The predicted octanol–water partition coefficient (Wildman–Crippen LogP) is 2.31. The highest BCUT2D eigenvalue weighted by molar-refractivity contribution is 5.98. The van der Waals surface area contributed by atoms with Crippen molar-refractivity contribution in [3.8, 4) is 5.75 Å². The zero-order valence-electron chi connectivity index (χ0n) is 15.8. The summed E-state index contributed by atoms with van der Waals surface area (Å²) in [7, 11) is 1.76. The number of nitrogens with zero attached hydrogens (tertiary/aromatic N) is 1. The van der Waals surface area contributed by atoms with E-state index in [1.165, 1.54) is 43.8 Å². The Morgan fingerprint density at radius 2 is 1.65 bits per heavy atom. The molecule has 26 heavy (non-hydrogen) atoms. The average Bonchev–Trinajstić information content (AvgIpc) is 2.61. The zero-order chi connectivity index (χ0) is 17.6. The van der Waals surface area contributed by atoms with Crippen LogP contribution in [0.3, 0.4) is 0 Å². The van der Waals surface area contributed by atoms with Gasteiger partial charge < -0.3 is 17.1 Å². The van der Waals surface area contributed by atoms with Crippen LogP contribution in [0.15, 0.2) is 48.8 Å². The molecule has 2 nitrogen and oxygen atoms in total. The predicted molar refractivity (Wildman–Crippen MR) is 105 cm³/mol. The number of benzene rings is 2. The summed E-state index contributed by atoms with van der Waals surface area (Å²) in [6.45, 7) is 6.56. The number of rotatable bonds is 3. The lowest BCUT2D eigenvalue weighted by Crippen LogP contribution is -3.00. The summed E-state index contributed by atoms with van der Waals surface area (Å²) < 4.78 is 7.85. The molecule has 134 valence electrons. The van der Waals surface area contributed by atoms with Gasteiger partial charge in [-0.25, -0.2) is 0 Å². The van der Waals surface area contributed by atoms with E-state index in [4.69, 9.17) is 4.74 Å². The molecule has 0 N–H and O–H groups in total. The molecule has 4 aromatic rings. The summed E-state index contributed by atoms with van der Waals surface area (Å²) >= 11 is 0. The highest BCUT2D eigenvalue weighted by Crippen LogP contribution is 2.29. The minimum atomic E-state index is 0. The van der Waals surface area contributed by atoms with Gasteiger partial charge in [0, 0.05) is 17.5 Å². The van der Waals surface area contributed by atoms with Gasteiger partial charge in [-0.3, -0.25) is 0 Å². The third kappa shape index (κ3) is 2.99. The van der Waals surface area contributed by atoms with Gasteiger partial charge in [0.25, 0.3) is 0 Å².